The number of nitrogens with zero attached hydrogens (tertiary/aromatic N) is 2. The Labute approximate surface area is 127 Å². The molecule has 8 heteroatoms. The fourth-order valence-electron chi connectivity index (χ4n) is 1.48. The first kappa shape index (κ1) is 15.4. The van der Waals surface area contributed by atoms with Crippen molar-refractivity contribution in [3.8, 4) is 11.3 Å². The Morgan fingerprint density at radius 1 is 0.900 bits per heavy atom. The topological polar surface area (TPSA) is 25.8 Å². The van der Waals surface area contributed by atoms with Gasteiger partial charge in [-0.15, -0.1) is 0 Å². The number of halogens is 6. The number of hydrogen-bond acceptors (Lipinski definition) is 2. The van der Waals surface area contributed by atoms with Gasteiger partial charge in [0, 0.05) is 5.56 Å². The van der Waals surface area contributed by atoms with Crippen LogP contribution in [0.1, 0.15) is 11.5 Å². The van der Waals surface area contributed by atoms with Crippen LogP contribution in [0.15, 0.2) is 36.4 Å². The molecule has 0 spiro atoms. The second-order valence-corrected chi connectivity index (χ2v) is 6.10. The number of alkyl halides is 6. The van der Waals surface area contributed by atoms with Crippen LogP contribution in [0.4, 0.5) is 13.2 Å². The fourth-order valence-corrected chi connectivity index (χ4v) is 1.77. The minimum atomic E-state index is -4.73. The zero-order valence-electron chi connectivity index (χ0n) is 9.63. The number of rotatable bonds is 1. The van der Waals surface area contributed by atoms with Crippen molar-refractivity contribution in [2.75, 3.05) is 0 Å². The van der Waals surface area contributed by atoms with Crippen molar-refractivity contribution in [3.05, 3.63) is 47.9 Å². The van der Waals surface area contributed by atoms with E-state index in [2.05, 4.69) is 9.97 Å². The molecule has 0 fully saturated rings. The molecule has 2 rings (SSSR count). The van der Waals surface area contributed by atoms with Gasteiger partial charge in [-0.2, -0.15) is 13.2 Å². The molecule has 0 atom stereocenters. The van der Waals surface area contributed by atoms with E-state index in [1.165, 1.54) is 6.07 Å². The molecule has 0 aliphatic heterocycles. The van der Waals surface area contributed by atoms with Crippen LogP contribution in [-0.2, 0) is 9.97 Å². The summed E-state index contributed by atoms with van der Waals surface area (Å²) in [5, 5.41) is 0. The number of hydrogen-bond donors (Lipinski definition) is 0. The minimum Gasteiger partial charge on any atom is -0.225 e. The zero-order valence-corrected chi connectivity index (χ0v) is 11.9. The van der Waals surface area contributed by atoms with Gasteiger partial charge >= 0.3 is 6.18 Å². The summed E-state index contributed by atoms with van der Waals surface area (Å²) in [5.74, 6) is -1.35. The van der Waals surface area contributed by atoms with Gasteiger partial charge in [-0.1, -0.05) is 65.1 Å². The van der Waals surface area contributed by atoms with Crippen LogP contribution < -0.4 is 0 Å². The largest absolute Gasteiger partial charge is 0.451 e. The van der Waals surface area contributed by atoms with Crippen molar-refractivity contribution < 1.29 is 13.2 Å². The highest BCUT2D eigenvalue weighted by Gasteiger charge is 2.37. The van der Waals surface area contributed by atoms with E-state index in [0.717, 1.165) is 0 Å². The number of benzene rings is 1. The Morgan fingerprint density at radius 3 is 2.00 bits per heavy atom. The summed E-state index contributed by atoms with van der Waals surface area (Å²) in [7, 11) is 0. The molecule has 106 valence electrons. The Bertz CT molecular complexity index is 577. The van der Waals surface area contributed by atoms with Crippen LogP contribution >= 0.6 is 34.8 Å². The molecule has 0 bridgehead atoms. The third kappa shape index (κ3) is 3.53. The van der Waals surface area contributed by atoms with E-state index in [-0.39, 0.29) is 11.4 Å². The molecule has 20 heavy (non-hydrogen) atoms. The molecule has 1 aromatic carbocycles. The first-order valence-electron chi connectivity index (χ1n) is 5.27. The fraction of sp³-hybridized carbons (Fsp3) is 0.167. The van der Waals surface area contributed by atoms with Gasteiger partial charge in [-0.05, 0) is 6.07 Å². The van der Waals surface area contributed by atoms with Gasteiger partial charge < -0.3 is 0 Å². The van der Waals surface area contributed by atoms with Gasteiger partial charge in [0.25, 0.3) is 0 Å². The van der Waals surface area contributed by atoms with Crippen molar-refractivity contribution >= 4 is 34.8 Å². The van der Waals surface area contributed by atoms with Gasteiger partial charge in [0.15, 0.2) is 0 Å². The second kappa shape index (κ2) is 5.39. The van der Waals surface area contributed by atoms with E-state index >= 15 is 0 Å². The monoisotopic (exact) mass is 340 g/mol. The summed E-state index contributed by atoms with van der Waals surface area (Å²) in [6, 6.07) is 9.48. The highest BCUT2D eigenvalue weighted by Crippen LogP contribution is 2.39. The van der Waals surface area contributed by atoms with Crippen LogP contribution in [0, 0.1) is 0 Å². The Kier molecular flexibility index (Phi) is 4.14. The third-order valence-corrected chi connectivity index (χ3v) is 2.92. The maximum atomic E-state index is 12.8. The van der Waals surface area contributed by atoms with Crippen molar-refractivity contribution in [1.29, 1.82) is 0 Å². The molecule has 0 aliphatic rings. The van der Waals surface area contributed by atoms with E-state index in [9.17, 15) is 13.2 Å². The molecule has 1 aromatic heterocycles. The maximum absolute atomic E-state index is 12.8. The molecular weight excluding hydrogens is 335 g/mol. The lowest BCUT2D eigenvalue weighted by Crippen LogP contribution is -2.16. The number of aromatic nitrogens is 2. The van der Waals surface area contributed by atoms with Crippen LogP contribution in [-0.4, -0.2) is 9.97 Å². The average Bonchev–Trinajstić information content (AvgIpc) is 2.37. The summed E-state index contributed by atoms with van der Waals surface area (Å²) >= 11 is 16.8. The normalized spacial score (nSPS) is 12.5. The van der Waals surface area contributed by atoms with Crippen molar-refractivity contribution in [3.63, 3.8) is 0 Å². The lowest BCUT2D eigenvalue weighted by Gasteiger charge is -2.14. The molecule has 0 unspecified atom stereocenters. The molecule has 0 saturated carbocycles. The van der Waals surface area contributed by atoms with E-state index in [0.29, 0.717) is 5.56 Å². The summed E-state index contributed by atoms with van der Waals surface area (Å²) in [4.78, 5) is 6.75. The maximum Gasteiger partial charge on any atom is 0.451 e. The summed E-state index contributed by atoms with van der Waals surface area (Å²) in [6.07, 6.45) is -4.73. The highest BCUT2D eigenvalue weighted by molar-refractivity contribution is 6.66. The van der Waals surface area contributed by atoms with Gasteiger partial charge in [0.05, 0.1) is 11.4 Å². The molecule has 0 aliphatic carbocycles. The van der Waals surface area contributed by atoms with Crippen LogP contribution in [0.3, 0.4) is 0 Å². The second-order valence-electron chi connectivity index (χ2n) is 3.82. The summed E-state index contributed by atoms with van der Waals surface area (Å²) < 4.78 is 36.3. The van der Waals surface area contributed by atoms with Crippen LogP contribution in [0.2, 0.25) is 0 Å². The van der Waals surface area contributed by atoms with Crippen LogP contribution in [0.25, 0.3) is 11.3 Å². The van der Waals surface area contributed by atoms with Gasteiger partial charge in [0.1, 0.15) is 0 Å². The van der Waals surface area contributed by atoms with E-state index in [1.54, 1.807) is 30.3 Å². The Balaban J connectivity index is 2.64. The molecular formula is C12H6Cl3F3N2. The van der Waals surface area contributed by atoms with Crippen LogP contribution in [0.5, 0.6) is 0 Å². The van der Waals surface area contributed by atoms with Crippen molar-refractivity contribution in [2.24, 2.45) is 0 Å². The lowest BCUT2D eigenvalue weighted by atomic mass is 10.1. The molecule has 1 heterocycles. The lowest BCUT2D eigenvalue weighted by molar-refractivity contribution is -0.145. The van der Waals surface area contributed by atoms with Gasteiger partial charge in [-0.25, -0.2) is 9.97 Å². The molecule has 2 nitrogen and oxygen atoms in total. The first-order valence-corrected chi connectivity index (χ1v) is 6.40. The molecule has 0 N–H and O–H groups in total. The predicted molar refractivity (Wildman–Crippen MR) is 71.7 cm³/mol. The Morgan fingerprint density at radius 2 is 1.50 bits per heavy atom. The Hall–Kier alpha value is -1.04. The van der Waals surface area contributed by atoms with Gasteiger partial charge in [0.2, 0.25) is 9.62 Å². The van der Waals surface area contributed by atoms with Gasteiger partial charge in [-0.3, -0.25) is 0 Å². The van der Waals surface area contributed by atoms with E-state index in [4.69, 9.17) is 34.8 Å². The summed E-state index contributed by atoms with van der Waals surface area (Å²) in [5.41, 5.74) is 0.175. The van der Waals surface area contributed by atoms with E-state index < -0.39 is 15.8 Å². The predicted octanol–water partition coefficient (Wildman–Crippen LogP) is 4.99. The molecule has 2 aromatic rings. The first-order chi connectivity index (χ1) is 9.18. The minimum absolute atomic E-state index is 0.0363. The molecule has 0 radical (unpaired) electrons. The van der Waals surface area contributed by atoms with Crippen molar-refractivity contribution in [1.82, 2.24) is 9.97 Å². The zero-order chi connectivity index (χ0) is 15.0. The highest BCUT2D eigenvalue weighted by atomic mass is 35.6. The smallest absolute Gasteiger partial charge is 0.225 e. The average molecular weight is 342 g/mol. The summed E-state index contributed by atoms with van der Waals surface area (Å²) in [6.45, 7) is 0. The molecule has 0 saturated heterocycles. The molecule has 0 amide bonds. The van der Waals surface area contributed by atoms with Crippen molar-refractivity contribution in [2.45, 2.75) is 9.97 Å². The third-order valence-electron chi connectivity index (χ3n) is 2.34. The standard InChI is InChI=1S/C12H6Cl3F3N2/c13-11(14,15)9-6-8(7-4-2-1-3-5-7)19-10(20-9)12(16,17)18/h1-6H. The van der Waals surface area contributed by atoms with E-state index in [1.807, 2.05) is 0 Å². The quantitative estimate of drug-likeness (QED) is 0.683. The SMILES string of the molecule is FC(F)(F)c1nc(-c2ccccc2)cc(C(Cl)(Cl)Cl)n1.